The molecule has 3 N–H and O–H groups in total. The minimum absolute atomic E-state index is 0.0411. The van der Waals surface area contributed by atoms with E-state index < -0.39 is 22.0 Å². The van der Waals surface area contributed by atoms with E-state index in [0.29, 0.717) is 31.9 Å². The van der Waals surface area contributed by atoms with E-state index in [4.69, 9.17) is 4.55 Å². The van der Waals surface area contributed by atoms with Crippen LogP contribution in [0.2, 0.25) is 0 Å². The second kappa shape index (κ2) is 14.1. The number of amidine groups is 1. The maximum atomic E-state index is 12.8. The van der Waals surface area contributed by atoms with Crippen molar-refractivity contribution < 1.29 is 32.6 Å². The number of rotatable bonds is 17. The lowest BCUT2D eigenvalue weighted by Gasteiger charge is -2.13. The standard InChI is InChI=1S/C20H38N2O6S/c1-2-3-4-5-6-7-8-9-10-11-19(25)20-21(14-15-23)12-13-22(20)16-18(24)17-29(26,27)28/h18,23-24H,2-17H2,1H3/p+1. The zero-order valence-corrected chi connectivity index (χ0v) is 18.6. The van der Waals surface area contributed by atoms with Gasteiger partial charge in [0.15, 0.2) is 0 Å². The van der Waals surface area contributed by atoms with E-state index in [1.807, 2.05) is 0 Å². The van der Waals surface area contributed by atoms with Gasteiger partial charge >= 0.3 is 5.84 Å². The molecule has 8 nitrogen and oxygen atoms in total. The average Bonchev–Trinajstić information content (AvgIpc) is 3.01. The second-order valence-electron chi connectivity index (χ2n) is 7.88. The zero-order chi connectivity index (χ0) is 21.7. The number of carbonyl (C=O) groups is 1. The topological polar surface area (TPSA) is 118 Å². The monoisotopic (exact) mass is 435 g/mol. The summed E-state index contributed by atoms with van der Waals surface area (Å²) in [6, 6.07) is 0. The molecule has 1 heterocycles. The lowest BCUT2D eigenvalue weighted by Crippen LogP contribution is -2.40. The summed E-state index contributed by atoms with van der Waals surface area (Å²) in [5.41, 5.74) is 0. The number of nitrogens with zero attached hydrogens (tertiary/aromatic N) is 2. The number of unbranched alkanes of at least 4 members (excludes halogenated alkanes) is 8. The van der Waals surface area contributed by atoms with E-state index in [0.717, 1.165) is 19.3 Å². The number of Topliss-reactive ketones (excluding diaryl/α,β-unsaturated/α-hetero) is 1. The molecule has 0 radical (unpaired) electrons. The molecule has 0 spiro atoms. The molecule has 0 aromatic rings. The van der Waals surface area contributed by atoms with Crippen molar-refractivity contribution in [3.8, 4) is 0 Å². The molecule has 0 aromatic heterocycles. The summed E-state index contributed by atoms with van der Waals surface area (Å²) in [5.74, 6) is -0.366. The van der Waals surface area contributed by atoms with Crippen molar-refractivity contribution in [2.45, 2.75) is 77.2 Å². The fraction of sp³-hybridized carbons (Fsp3) is 0.900. The smallest absolute Gasteiger partial charge is 0.316 e. The Kier molecular flexibility index (Phi) is 12.6. The fourth-order valence-corrected chi connectivity index (χ4v) is 4.37. The van der Waals surface area contributed by atoms with E-state index in [9.17, 15) is 23.4 Å². The summed E-state index contributed by atoms with van der Waals surface area (Å²) in [4.78, 5) is 14.6. The first-order valence-electron chi connectivity index (χ1n) is 10.9. The molecule has 170 valence electrons. The van der Waals surface area contributed by atoms with Crippen molar-refractivity contribution in [1.29, 1.82) is 0 Å². The third kappa shape index (κ3) is 11.1. The number of hydrogen-bond donors (Lipinski definition) is 3. The van der Waals surface area contributed by atoms with Gasteiger partial charge in [-0.15, -0.1) is 0 Å². The Bertz CT molecular complexity index is 620. The number of aliphatic hydroxyl groups excluding tert-OH is 2. The Labute approximate surface area is 175 Å². The Morgan fingerprint density at radius 2 is 1.69 bits per heavy atom. The van der Waals surface area contributed by atoms with Crippen LogP contribution in [0.5, 0.6) is 0 Å². The number of β-amino-alcohol motifs (C(OH)–C–C–N with tert-alkyl or cyclic N) is 2. The minimum Gasteiger partial charge on any atom is -0.392 e. The van der Waals surface area contributed by atoms with Gasteiger partial charge in [0.1, 0.15) is 38.0 Å². The van der Waals surface area contributed by atoms with Gasteiger partial charge in [0.2, 0.25) is 5.78 Å². The van der Waals surface area contributed by atoms with Crippen molar-refractivity contribution in [3.63, 3.8) is 0 Å². The molecule has 1 rings (SSSR count). The van der Waals surface area contributed by atoms with Gasteiger partial charge < -0.3 is 10.2 Å². The molecule has 9 heteroatoms. The van der Waals surface area contributed by atoms with Crippen molar-refractivity contribution in [3.05, 3.63) is 0 Å². The lowest BCUT2D eigenvalue weighted by atomic mass is 10.1. The van der Waals surface area contributed by atoms with Crippen molar-refractivity contribution in [2.24, 2.45) is 0 Å². The maximum Gasteiger partial charge on any atom is 0.316 e. The van der Waals surface area contributed by atoms with E-state index in [2.05, 4.69) is 6.92 Å². The van der Waals surface area contributed by atoms with Gasteiger partial charge in [-0.3, -0.25) is 18.8 Å². The first-order valence-corrected chi connectivity index (χ1v) is 12.5. The van der Waals surface area contributed by atoms with Crippen LogP contribution in [-0.4, -0.2) is 88.9 Å². The van der Waals surface area contributed by atoms with Gasteiger partial charge in [0, 0.05) is 6.42 Å². The molecular weight excluding hydrogens is 396 g/mol. The summed E-state index contributed by atoms with van der Waals surface area (Å²) in [7, 11) is -4.28. The molecule has 1 aliphatic heterocycles. The third-order valence-corrected chi connectivity index (χ3v) is 6.01. The molecule has 0 saturated heterocycles. The predicted octanol–water partition coefficient (Wildman–Crippen LogP) is 1.44. The summed E-state index contributed by atoms with van der Waals surface area (Å²) in [6.45, 7) is 3.41. The molecule has 0 aromatic carbocycles. The summed E-state index contributed by atoms with van der Waals surface area (Å²) >= 11 is 0. The van der Waals surface area contributed by atoms with Crippen LogP contribution in [0, 0.1) is 0 Å². The van der Waals surface area contributed by atoms with E-state index in [1.54, 1.807) is 9.48 Å². The number of hydrogen-bond acceptors (Lipinski definition) is 6. The third-order valence-electron chi connectivity index (χ3n) is 5.20. The molecule has 0 aliphatic carbocycles. The summed E-state index contributed by atoms with van der Waals surface area (Å²) in [5, 5.41) is 19.2. The molecule has 1 aliphatic rings. The van der Waals surface area contributed by atoms with Crippen molar-refractivity contribution in [2.75, 3.05) is 38.5 Å². The van der Waals surface area contributed by atoms with Gasteiger partial charge in [0.25, 0.3) is 10.1 Å². The molecular formula is C20H39N2O6S+. The number of carbonyl (C=O) groups excluding carboxylic acids is 1. The minimum atomic E-state index is -4.28. The highest BCUT2D eigenvalue weighted by Crippen LogP contribution is 2.12. The normalized spacial score (nSPS) is 15.9. The van der Waals surface area contributed by atoms with Crippen LogP contribution in [0.3, 0.4) is 0 Å². The largest absolute Gasteiger partial charge is 0.392 e. The fourth-order valence-electron chi connectivity index (χ4n) is 3.78. The first-order chi connectivity index (χ1) is 13.8. The molecule has 29 heavy (non-hydrogen) atoms. The van der Waals surface area contributed by atoms with Gasteiger partial charge in [-0.2, -0.15) is 8.42 Å². The average molecular weight is 436 g/mol. The Morgan fingerprint density at radius 1 is 1.10 bits per heavy atom. The van der Waals surface area contributed by atoms with E-state index in [-0.39, 0.29) is 18.9 Å². The first kappa shape index (κ1) is 26.0. The van der Waals surface area contributed by atoms with Crippen LogP contribution < -0.4 is 0 Å². The van der Waals surface area contributed by atoms with E-state index >= 15 is 0 Å². The van der Waals surface area contributed by atoms with Crippen LogP contribution in [0.4, 0.5) is 0 Å². The highest BCUT2D eigenvalue weighted by molar-refractivity contribution is 7.85. The van der Waals surface area contributed by atoms with Crippen LogP contribution >= 0.6 is 0 Å². The molecule has 0 fully saturated rings. The molecule has 0 bridgehead atoms. The highest BCUT2D eigenvalue weighted by atomic mass is 32.2. The lowest BCUT2D eigenvalue weighted by molar-refractivity contribution is -0.525. The number of ketones is 1. The van der Waals surface area contributed by atoms with Crippen LogP contribution in [0.25, 0.3) is 0 Å². The van der Waals surface area contributed by atoms with Gasteiger partial charge in [-0.25, -0.2) is 0 Å². The van der Waals surface area contributed by atoms with Crippen molar-refractivity contribution in [1.82, 2.24) is 4.90 Å². The Morgan fingerprint density at radius 3 is 2.24 bits per heavy atom. The molecule has 1 atom stereocenters. The zero-order valence-electron chi connectivity index (χ0n) is 17.8. The van der Waals surface area contributed by atoms with Gasteiger partial charge in [-0.1, -0.05) is 58.3 Å². The van der Waals surface area contributed by atoms with Crippen molar-refractivity contribution >= 4 is 21.7 Å². The Balaban J connectivity index is 2.51. The van der Waals surface area contributed by atoms with Gasteiger partial charge in [0.05, 0.1) is 6.61 Å². The second-order valence-corrected chi connectivity index (χ2v) is 9.38. The van der Waals surface area contributed by atoms with E-state index in [1.165, 1.54) is 38.5 Å². The summed E-state index contributed by atoms with van der Waals surface area (Å²) < 4.78 is 32.5. The maximum absolute atomic E-state index is 12.8. The molecule has 0 amide bonds. The van der Waals surface area contributed by atoms with Crippen LogP contribution in [-0.2, 0) is 14.9 Å². The Hall–Kier alpha value is -1.03. The van der Waals surface area contributed by atoms with Crippen LogP contribution in [0.15, 0.2) is 0 Å². The molecule has 0 saturated carbocycles. The van der Waals surface area contributed by atoms with Gasteiger partial charge in [-0.05, 0) is 6.42 Å². The molecule has 1 unspecified atom stereocenters. The predicted molar refractivity (Wildman–Crippen MR) is 113 cm³/mol. The quantitative estimate of drug-likeness (QED) is 0.180. The highest BCUT2D eigenvalue weighted by Gasteiger charge is 2.36. The summed E-state index contributed by atoms with van der Waals surface area (Å²) in [6.07, 6.45) is 9.59. The van der Waals surface area contributed by atoms with Crippen LogP contribution in [0.1, 0.15) is 71.1 Å². The number of aliphatic hydroxyl groups is 2. The SMILES string of the molecule is CCCCCCCCCCCC(=O)C1=[N+](CC(O)CS(=O)(=O)O)CCN1CCO.